The molecular weight excluding hydrogens is 656 g/mol. The molecule has 0 saturated heterocycles. The highest BCUT2D eigenvalue weighted by Gasteiger charge is 2.42. The van der Waals surface area contributed by atoms with Crippen molar-refractivity contribution >= 4 is 0 Å². The topological polar surface area (TPSA) is 162 Å². The lowest BCUT2D eigenvalue weighted by molar-refractivity contribution is 0.317. The first kappa shape index (κ1) is 38.5. The van der Waals surface area contributed by atoms with Crippen LogP contribution in [0.25, 0.3) is 0 Å². The fourth-order valence-electron chi connectivity index (χ4n) is 8.70. The van der Waals surface area contributed by atoms with Gasteiger partial charge in [-0.15, -0.1) is 0 Å². The van der Waals surface area contributed by atoms with Gasteiger partial charge >= 0.3 is 0 Å². The van der Waals surface area contributed by atoms with Crippen LogP contribution < -0.4 is 0 Å². The zero-order valence-corrected chi connectivity index (χ0v) is 32.5. The average molecular weight is 713 g/mol. The Labute approximate surface area is 307 Å². The number of hydrogen-bond acceptors (Lipinski definition) is 8. The Morgan fingerprint density at radius 2 is 0.365 bits per heavy atom. The summed E-state index contributed by atoms with van der Waals surface area (Å²) in [7, 11) is 0. The second-order valence-corrected chi connectivity index (χ2v) is 19.1. The van der Waals surface area contributed by atoms with Gasteiger partial charge in [0.25, 0.3) is 0 Å². The number of hydrogen-bond donors (Lipinski definition) is 8. The lowest BCUT2D eigenvalue weighted by Crippen LogP contribution is -2.25. The van der Waals surface area contributed by atoms with Crippen molar-refractivity contribution in [2.75, 3.05) is 0 Å². The molecule has 280 valence electrons. The molecule has 1 aliphatic rings. The van der Waals surface area contributed by atoms with Gasteiger partial charge in [-0.1, -0.05) is 83.1 Å². The molecule has 4 aromatic carbocycles. The Morgan fingerprint density at radius 1 is 0.250 bits per heavy atom. The molecule has 8 N–H and O–H groups in total. The van der Waals surface area contributed by atoms with Crippen molar-refractivity contribution in [1.82, 2.24) is 0 Å². The SMILES string of the molecule is CC(C)(C)C1c2cc(c(O)cc2O)C(C(C)(C)C)c2cc(c(O)cc2O)C(C(C)(C)C)c2cc(c(O)cc2O)C(C(C)(C)C)c2cc1c(O)cc2O. The van der Waals surface area contributed by atoms with Gasteiger partial charge in [-0.3, -0.25) is 0 Å². The molecule has 0 unspecified atom stereocenters. The first-order valence-electron chi connectivity index (χ1n) is 17.9. The maximum Gasteiger partial charge on any atom is 0.123 e. The summed E-state index contributed by atoms with van der Waals surface area (Å²) in [5, 5.41) is 92.8. The van der Waals surface area contributed by atoms with Gasteiger partial charge in [0, 0.05) is 92.4 Å². The lowest BCUT2D eigenvalue weighted by Gasteiger charge is -2.39. The minimum atomic E-state index is -0.682. The van der Waals surface area contributed by atoms with Crippen LogP contribution in [-0.2, 0) is 0 Å². The average Bonchev–Trinajstić information content (AvgIpc) is 2.94. The summed E-state index contributed by atoms with van der Waals surface area (Å²) in [5.74, 6) is -4.28. The second kappa shape index (κ2) is 12.5. The summed E-state index contributed by atoms with van der Waals surface area (Å²) in [5.41, 5.74) is 0.786. The Morgan fingerprint density at radius 3 is 0.462 bits per heavy atom. The van der Waals surface area contributed by atoms with Crippen LogP contribution in [0.15, 0.2) is 48.5 Å². The maximum atomic E-state index is 11.6. The highest BCUT2D eigenvalue weighted by molar-refractivity contribution is 5.63. The van der Waals surface area contributed by atoms with Gasteiger partial charge < -0.3 is 40.9 Å². The standard InChI is InChI=1S/C44H56O8/c1-41(2,3)37-21-13-23(31(47)17-29(21)45)38(42(4,5)6)25-15-27(35(51)19-33(25)49)40(44(10,11)12)28-16-26(34(50)20-36(28)52)39(43(7,8)9)24-14-22(37)30(46)18-32(24)48/h13-20,37-40,45-52H,1-12H3. The van der Waals surface area contributed by atoms with Crippen LogP contribution in [0.5, 0.6) is 46.0 Å². The summed E-state index contributed by atoms with van der Waals surface area (Å²) in [6.07, 6.45) is 0. The first-order valence-corrected chi connectivity index (χ1v) is 17.9. The van der Waals surface area contributed by atoms with Crippen molar-refractivity contribution in [2.24, 2.45) is 21.7 Å². The van der Waals surface area contributed by atoms with E-state index in [4.69, 9.17) is 0 Å². The fourth-order valence-corrected chi connectivity index (χ4v) is 8.70. The second-order valence-electron chi connectivity index (χ2n) is 19.1. The van der Waals surface area contributed by atoms with Crippen molar-refractivity contribution in [2.45, 2.75) is 107 Å². The van der Waals surface area contributed by atoms with E-state index in [2.05, 4.69) is 0 Å². The van der Waals surface area contributed by atoms with Crippen LogP contribution in [-0.4, -0.2) is 40.9 Å². The summed E-state index contributed by atoms with van der Waals surface area (Å²) >= 11 is 0. The zero-order chi connectivity index (χ0) is 39.2. The van der Waals surface area contributed by atoms with E-state index in [9.17, 15) is 40.9 Å². The molecule has 0 radical (unpaired) electrons. The molecule has 8 nitrogen and oxygen atoms in total. The van der Waals surface area contributed by atoms with E-state index in [-0.39, 0.29) is 46.0 Å². The van der Waals surface area contributed by atoms with Crippen molar-refractivity contribution in [1.29, 1.82) is 0 Å². The van der Waals surface area contributed by atoms with Gasteiger partial charge in [-0.25, -0.2) is 0 Å². The number of phenolic OH excluding ortho intramolecular Hbond substituents is 8. The minimum absolute atomic E-state index is 0.194. The zero-order valence-electron chi connectivity index (χ0n) is 32.5. The molecule has 0 fully saturated rings. The molecule has 0 heterocycles. The van der Waals surface area contributed by atoms with Crippen LogP contribution in [0.2, 0.25) is 0 Å². The van der Waals surface area contributed by atoms with Crippen LogP contribution >= 0.6 is 0 Å². The van der Waals surface area contributed by atoms with Crippen LogP contribution in [0, 0.1) is 21.7 Å². The molecule has 0 aliphatic heterocycles. The summed E-state index contributed by atoms with van der Waals surface area (Å²) in [6.45, 7) is 23.7. The molecule has 52 heavy (non-hydrogen) atoms. The molecule has 5 rings (SSSR count). The Balaban J connectivity index is 2.09. The third-order valence-electron chi connectivity index (χ3n) is 10.7. The molecule has 8 bridgehead atoms. The molecule has 4 aromatic rings. The van der Waals surface area contributed by atoms with Gasteiger partial charge in [0.05, 0.1) is 0 Å². The fraction of sp³-hybridized carbons (Fsp3) is 0.455. The highest BCUT2D eigenvalue weighted by Crippen LogP contribution is 2.58. The van der Waals surface area contributed by atoms with E-state index in [0.29, 0.717) is 44.5 Å². The van der Waals surface area contributed by atoms with Gasteiger partial charge in [0.15, 0.2) is 0 Å². The molecular formula is C44H56O8. The highest BCUT2D eigenvalue weighted by atomic mass is 16.3. The molecule has 0 spiro atoms. The Hall–Kier alpha value is -4.72. The number of rotatable bonds is 0. The van der Waals surface area contributed by atoms with E-state index in [1.165, 1.54) is 24.3 Å². The molecule has 0 amide bonds. The summed E-state index contributed by atoms with van der Waals surface area (Å²) in [4.78, 5) is 0. The molecule has 0 atom stereocenters. The van der Waals surface area contributed by atoms with Gasteiger partial charge in [0.2, 0.25) is 0 Å². The lowest BCUT2D eigenvalue weighted by atomic mass is 9.65. The van der Waals surface area contributed by atoms with Crippen LogP contribution in [0.3, 0.4) is 0 Å². The molecule has 0 aromatic heterocycles. The van der Waals surface area contributed by atoms with E-state index in [1.54, 1.807) is 24.3 Å². The Kier molecular flexibility index (Phi) is 9.22. The third kappa shape index (κ3) is 6.68. The van der Waals surface area contributed by atoms with Crippen molar-refractivity contribution in [3.63, 3.8) is 0 Å². The maximum absolute atomic E-state index is 11.6. The van der Waals surface area contributed by atoms with Gasteiger partial charge in [-0.2, -0.15) is 0 Å². The largest absolute Gasteiger partial charge is 0.508 e. The first-order chi connectivity index (χ1) is 23.6. The van der Waals surface area contributed by atoms with Crippen molar-refractivity contribution < 1.29 is 40.9 Å². The number of fused-ring (bicyclic) bond motifs is 8. The number of aromatic hydroxyl groups is 8. The minimum Gasteiger partial charge on any atom is -0.508 e. The number of benzene rings is 4. The normalized spacial score (nSPS) is 19.8. The monoisotopic (exact) mass is 712 g/mol. The summed E-state index contributed by atoms with van der Waals surface area (Å²) in [6, 6.07) is 12.1. The van der Waals surface area contributed by atoms with Crippen molar-refractivity contribution in [3.05, 3.63) is 93.0 Å². The predicted molar refractivity (Wildman–Crippen MR) is 204 cm³/mol. The smallest absolute Gasteiger partial charge is 0.123 e. The number of phenols is 8. The van der Waals surface area contributed by atoms with E-state index in [0.717, 1.165) is 0 Å². The molecule has 1 aliphatic carbocycles. The Bertz CT molecular complexity index is 1640. The third-order valence-corrected chi connectivity index (χ3v) is 10.7. The van der Waals surface area contributed by atoms with E-state index < -0.39 is 45.3 Å². The molecule has 0 saturated carbocycles. The van der Waals surface area contributed by atoms with Gasteiger partial charge in [-0.05, 0) is 45.9 Å². The van der Waals surface area contributed by atoms with Crippen LogP contribution in [0.4, 0.5) is 0 Å². The summed E-state index contributed by atoms with van der Waals surface area (Å²) < 4.78 is 0. The molecule has 8 heteroatoms. The van der Waals surface area contributed by atoms with E-state index >= 15 is 0 Å². The van der Waals surface area contributed by atoms with Gasteiger partial charge in [0.1, 0.15) is 46.0 Å². The predicted octanol–water partition coefficient (Wildman–Crippen LogP) is 10.4. The van der Waals surface area contributed by atoms with E-state index in [1.807, 2.05) is 83.1 Å². The van der Waals surface area contributed by atoms with Crippen LogP contribution in [0.1, 0.15) is 151 Å². The quantitative estimate of drug-likeness (QED) is 0.0893. The van der Waals surface area contributed by atoms with Crippen molar-refractivity contribution in [3.8, 4) is 46.0 Å².